The van der Waals surface area contributed by atoms with Gasteiger partial charge in [0, 0.05) is 6.07 Å². The van der Waals surface area contributed by atoms with Crippen LogP contribution in [0.3, 0.4) is 0 Å². The molecule has 0 unspecified atom stereocenters. The Morgan fingerprint density at radius 3 is 2.67 bits per heavy atom. The van der Waals surface area contributed by atoms with E-state index in [0.717, 1.165) is 6.07 Å². The molecule has 0 heterocycles. The predicted octanol–water partition coefficient (Wildman–Crippen LogP) is 0.943. The number of thiocarbonyl (C=S) groups is 1. The van der Waals surface area contributed by atoms with Crippen LogP contribution in [0.1, 0.15) is 5.56 Å². The number of aromatic hydroxyl groups is 1. The van der Waals surface area contributed by atoms with Crippen LogP contribution in [0.5, 0.6) is 11.5 Å². The largest absolute Gasteiger partial charge is 0.508 e. The quantitative estimate of drug-likeness (QED) is 0.454. The molecule has 15 heavy (non-hydrogen) atoms. The van der Waals surface area contributed by atoms with E-state index in [-0.39, 0.29) is 27.7 Å². The summed E-state index contributed by atoms with van der Waals surface area (Å²) in [5, 5.41) is 19.9. The van der Waals surface area contributed by atoms with Crippen LogP contribution >= 0.6 is 12.2 Å². The first-order valence-electron chi connectivity index (χ1n) is 3.82. The first-order valence-corrected chi connectivity index (χ1v) is 4.23. The molecule has 0 fully saturated rings. The van der Waals surface area contributed by atoms with Gasteiger partial charge in [0.2, 0.25) is 0 Å². The normalized spacial score (nSPS) is 9.67. The van der Waals surface area contributed by atoms with Crippen molar-refractivity contribution in [2.45, 2.75) is 0 Å². The summed E-state index contributed by atoms with van der Waals surface area (Å²) < 4.78 is 4.85. The zero-order valence-corrected chi connectivity index (χ0v) is 8.58. The molecule has 1 aromatic rings. The van der Waals surface area contributed by atoms with Gasteiger partial charge < -0.3 is 15.6 Å². The first kappa shape index (κ1) is 11.2. The molecule has 0 aliphatic rings. The summed E-state index contributed by atoms with van der Waals surface area (Å²) in [4.78, 5) is 9.83. The predicted molar refractivity (Wildman–Crippen MR) is 57.2 cm³/mol. The summed E-state index contributed by atoms with van der Waals surface area (Å²) in [6, 6.07) is 2.18. The van der Waals surface area contributed by atoms with E-state index in [0.29, 0.717) is 0 Å². The highest BCUT2D eigenvalue weighted by Gasteiger charge is 2.22. The summed E-state index contributed by atoms with van der Waals surface area (Å²) >= 11 is 4.68. The highest BCUT2D eigenvalue weighted by molar-refractivity contribution is 7.80. The van der Waals surface area contributed by atoms with Crippen molar-refractivity contribution < 1.29 is 14.8 Å². The van der Waals surface area contributed by atoms with E-state index in [4.69, 9.17) is 10.5 Å². The Hall–Kier alpha value is -1.89. The molecule has 7 heteroatoms. The Morgan fingerprint density at radius 2 is 2.27 bits per heavy atom. The molecule has 0 aromatic heterocycles. The molecular formula is C8H8N2O4S. The lowest BCUT2D eigenvalue weighted by molar-refractivity contribution is -0.385. The lowest BCUT2D eigenvalue weighted by Gasteiger charge is -2.07. The number of rotatable bonds is 3. The maximum absolute atomic E-state index is 10.7. The van der Waals surface area contributed by atoms with Crippen LogP contribution in [-0.2, 0) is 0 Å². The third-order valence-corrected chi connectivity index (χ3v) is 1.93. The van der Waals surface area contributed by atoms with Gasteiger partial charge in [-0.2, -0.15) is 0 Å². The molecule has 6 nitrogen and oxygen atoms in total. The third-order valence-electron chi connectivity index (χ3n) is 1.73. The summed E-state index contributed by atoms with van der Waals surface area (Å²) in [7, 11) is 1.31. The number of nitrogens with zero attached hydrogens (tertiary/aromatic N) is 1. The van der Waals surface area contributed by atoms with E-state index < -0.39 is 4.92 Å². The number of nitro benzene ring substituents is 1. The average Bonchev–Trinajstić information content (AvgIpc) is 2.15. The standard InChI is InChI=1S/C8H8N2O4S/c1-14-6-3-4(11)2-5(10(12)13)7(6)8(9)15/h2-3,11H,1H3,(H2,9,15). The van der Waals surface area contributed by atoms with E-state index in [1.807, 2.05) is 0 Å². The van der Waals surface area contributed by atoms with E-state index >= 15 is 0 Å². The lowest BCUT2D eigenvalue weighted by atomic mass is 10.1. The Balaban J connectivity index is 3.54. The van der Waals surface area contributed by atoms with Crippen molar-refractivity contribution in [1.29, 1.82) is 0 Å². The maximum Gasteiger partial charge on any atom is 0.287 e. The van der Waals surface area contributed by atoms with Crippen LogP contribution in [0.25, 0.3) is 0 Å². The van der Waals surface area contributed by atoms with Gasteiger partial charge >= 0.3 is 0 Å². The topological polar surface area (TPSA) is 98.6 Å². The van der Waals surface area contributed by atoms with Crippen LogP contribution in [0.2, 0.25) is 0 Å². The fourth-order valence-electron chi connectivity index (χ4n) is 1.14. The van der Waals surface area contributed by atoms with Crippen LogP contribution in [0, 0.1) is 10.1 Å². The SMILES string of the molecule is COc1cc(O)cc([N+](=O)[O-])c1C(N)=S. The number of nitrogens with two attached hydrogens (primary N) is 1. The van der Waals surface area contributed by atoms with Crippen molar-refractivity contribution in [2.75, 3.05) is 7.11 Å². The Kier molecular flexibility index (Phi) is 3.05. The molecule has 0 atom stereocenters. The lowest BCUT2D eigenvalue weighted by Crippen LogP contribution is -2.13. The van der Waals surface area contributed by atoms with Gasteiger partial charge in [-0.05, 0) is 0 Å². The molecule has 1 aromatic carbocycles. The van der Waals surface area contributed by atoms with Crippen LogP contribution in [0.15, 0.2) is 12.1 Å². The van der Waals surface area contributed by atoms with Gasteiger partial charge in [0.05, 0.1) is 18.1 Å². The number of methoxy groups -OCH3 is 1. The zero-order valence-electron chi connectivity index (χ0n) is 7.76. The fraction of sp³-hybridized carbons (Fsp3) is 0.125. The van der Waals surface area contributed by atoms with Crippen molar-refractivity contribution in [3.8, 4) is 11.5 Å². The monoisotopic (exact) mass is 228 g/mol. The van der Waals surface area contributed by atoms with Crippen molar-refractivity contribution in [2.24, 2.45) is 5.73 Å². The van der Waals surface area contributed by atoms with Gasteiger partial charge in [-0.3, -0.25) is 10.1 Å². The molecule has 80 valence electrons. The smallest absolute Gasteiger partial charge is 0.287 e. The Labute approximate surface area is 90.4 Å². The number of hydrogen-bond donors (Lipinski definition) is 2. The number of benzene rings is 1. The molecule has 0 bridgehead atoms. The second-order valence-electron chi connectivity index (χ2n) is 2.66. The van der Waals surface area contributed by atoms with E-state index in [9.17, 15) is 15.2 Å². The first-order chi connectivity index (χ1) is 6.97. The summed E-state index contributed by atoms with van der Waals surface area (Å²) in [5.74, 6) is -0.201. The zero-order chi connectivity index (χ0) is 11.6. The fourth-order valence-corrected chi connectivity index (χ4v) is 1.34. The second kappa shape index (κ2) is 4.09. The summed E-state index contributed by atoms with van der Waals surface area (Å²) in [5.41, 5.74) is 4.98. The van der Waals surface area contributed by atoms with Crippen LogP contribution < -0.4 is 10.5 Å². The average molecular weight is 228 g/mol. The number of phenols is 1. The number of ether oxygens (including phenoxy) is 1. The van der Waals surface area contributed by atoms with E-state index in [1.165, 1.54) is 13.2 Å². The molecule has 3 N–H and O–H groups in total. The maximum atomic E-state index is 10.7. The molecule has 0 radical (unpaired) electrons. The highest BCUT2D eigenvalue weighted by atomic mass is 32.1. The molecule has 0 saturated carbocycles. The van der Waals surface area contributed by atoms with Gasteiger partial charge in [-0.1, -0.05) is 12.2 Å². The van der Waals surface area contributed by atoms with Gasteiger partial charge in [-0.15, -0.1) is 0 Å². The Morgan fingerprint density at radius 1 is 1.67 bits per heavy atom. The minimum Gasteiger partial charge on any atom is -0.508 e. The van der Waals surface area contributed by atoms with Crippen molar-refractivity contribution in [3.63, 3.8) is 0 Å². The molecule has 0 saturated heterocycles. The molecule has 0 spiro atoms. The second-order valence-corrected chi connectivity index (χ2v) is 3.10. The summed E-state index contributed by atoms with van der Waals surface area (Å²) in [6.07, 6.45) is 0. The van der Waals surface area contributed by atoms with Crippen LogP contribution in [-0.4, -0.2) is 22.1 Å². The van der Waals surface area contributed by atoms with E-state index in [1.54, 1.807) is 0 Å². The molecular weight excluding hydrogens is 220 g/mol. The minimum atomic E-state index is -0.684. The Bertz CT molecular complexity index is 433. The molecule has 0 aliphatic carbocycles. The van der Waals surface area contributed by atoms with Crippen molar-refractivity contribution >= 4 is 22.9 Å². The number of phenolic OH excluding ortho intramolecular Hbond substituents is 1. The van der Waals surface area contributed by atoms with E-state index in [2.05, 4.69) is 12.2 Å². The van der Waals surface area contributed by atoms with Crippen LogP contribution in [0.4, 0.5) is 5.69 Å². The minimum absolute atomic E-state index is 0.00954. The summed E-state index contributed by atoms with van der Waals surface area (Å²) in [6.45, 7) is 0. The number of nitro groups is 1. The van der Waals surface area contributed by atoms with Crippen molar-refractivity contribution in [3.05, 3.63) is 27.8 Å². The van der Waals surface area contributed by atoms with Gasteiger partial charge in [0.25, 0.3) is 5.69 Å². The van der Waals surface area contributed by atoms with Gasteiger partial charge in [0.15, 0.2) is 0 Å². The molecule has 0 aliphatic heterocycles. The highest BCUT2D eigenvalue weighted by Crippen LogP contribution is 2.32. The van der Waals surface area contributed by atoms with Crippen molar-refractivity contribution in [1.82, 2.24) is 0 Å². The van der Waals surface area contributed by atoms with Gasteiger partial charge in [0.1, 0.15) is 22.1 Å². The third kappa shape index (κ3) is 2.13. The molecule has 1 rings (SSSR count). The van der Waals surface area contributed by atoms with Gasteiger partial charge in [-0.25, -0.2) is 0 Å². The number of hydrogen-bond acceptors (Lipinski definition) is 5. The molecule has 0 amide bonds.